The second-order valence-corrected chi connectivity index (χ2v) is 23.9. The number of carboxylic acids is 2. The van der Waals surface area contributed by atoms with Gasteiger partial charge in [0.15, 0.2) is 0 Å². The van der Waals surface area contributed by atoms with E-state index in [0.717, 1.165) is 37.4 Å². The summed E-state index contributed by atoms with van der Waals surface area (Å²) in [6.45, 7) is 0. The molecule has 0 heterocycles. The standard InChI is InChI=1S/C30H37O2P.C18H15P.C12H23BrO2.BrH/c31-30(32)25-17-6-4-2-1-3-5-7-18-26-33(27-19-11-8-12-20-27,28-21-13-9-14-22-28)29-23-15-10-16-24-29;1-4-10-16(11-5-1)19(17-12-6-2-7-13-17)18-14-8-3-9-15-18;13-11-9-7-5-3-1-2-4-6-8-10-12(14)15;/h8-16,19-24H,1-7,17-18,25-26H2;1-15H;1-11H2,(H,14,15);1H. The van der Waals surface area contributed by atoms with Crippen molar-refractivity contribution in [3.05, 3.63) is 182 Å². The van der Waals surface area contributed by atoms with E-state index in [2.05, 4.69) is 198 Å². The normalized spacial score (nSPS) is 10.8. The monoisotopic (exact) mass is 1080 g/mol. The smallest absolute Gasteiger partial charge is 0.303 e. The molecular weight excluding hydrogens is 1010 g/mol. The van der Waals surface area contributed by atoms with Crippen molar-refractivity contribution in [2.75, 3.05) is 11.5 Å². The minimum absolute atomic E-state index is 0. The molecule has 364 valence electrons. The van der Waals surface area contributed by atoms with Crippen molar-refractivity contribution in [2.45, 2.75) is 128 Å². The van der Waals surface area contributed by atoms with Gasteiger partial charge in [0, 0.05) is 18.2 Å². The predicted molar refractivity (Wildman–Crippen MR) is 297 cm³/mol. The Morgan fingerprint density at radius 1 is 0.353 bits per heavy atom. The van der Waals surface area contributed by atoms with Crippen LogP contribution < -0.4 is 48.8 Å². The van der Waals surface area contributed by atoms with Crippen LogP contribution in [0.15, 0.2) is 182 Å². The molecule has 0 aliphatic carbocycles. The highest BCUT2D eigenvalue weighted by molar-refractivity contribution is 9.09. The van der Waals surface area contributed by atoms with Crippen molar-refractivity contribution in [2.24, 2.45) is 0 Å². The first-order chi connectivity index (χ1) is 33.0. The van der Waals surface area contributed by atoms with Gasteiger partial charge in [0.05, 0.1) is 6.16 Å². The first-order valence-electron chi connectivity index (χ1n) is 25.0. The summed E-state index contributed by atoms with van der Waals surface area (Å²) in [5.41, 5.74) is 0. The molecule has 0 fully saturated rings. The second kappa shape index (κ2) is 37.0. The zero-order chi connectivity index (χ0) is 47.5. The SMILES string of the molecule is O=C(O)CCCCCCCCCCCBr.O=C(O)CCCCCCCCCCC[P+](c1ccccc1)(c1ccccc1)c1ccccc1.[Br-].c1ccc(P(c2ccccc2)c2ccccc2)cc1. The van der Waals surface area contributed by atoms with Gasteiger partial charge in [-0.15, -0.1) is 0 Å². The molecule has 0 spiro atoms. The van der Waals surface area contributed by atoms with Crippen molar-refractivity contribution in [3.63, 3.8) is 0 Å². The number of carbonyl (C=O) groups is 2. The Bertz CT molecular complexity index is 1940. The first-order valence-corrected chi connectivity index (χ1v) is 29.4. The molecule has 0 aliphatic heterocycles. The molecule has 0 saturated carbocycles. The Morgan fingerprint density at radius 2 is 0.588 bits per heavy atom. The number of unbranched alkanes of at least 4 members (excludes halogenated alkanes) is 16. The van der Waals surface area contributed by atoms with Gasteiger partial charge in [-0.25, -0.2) is 0 Å². The second-order valence-electron chi connectivity index (χ2n) is 17.2. The van der Waals surface area contributed by atoms with Gasteiger partial charge in [0.1, 0.15) is 23.2 Å². The molecular formula is C60H76Br2O4P2. The number of carboxylic acid groups (broad SMARTS) is 2. The van der Waals surface area contributed by atoms with Crippen LogP contribution in [0.3, 0.4) is 0 Å². The molecule has 4 nitrogen and oxygen atoms in total. The van der Waals surface area contributed by atoms with E-state index in [1.54, 1.807) is 0 Å². The lowest BCUT2D eigenvalue weighted by molar-refractivity contribution is -0.138. The van der Waals surface area contributed by atoms with E-state index in [4.69, 9.17) is 10.2 Å². The topological polar surface area (TPSA) is 74.6 Å². The third-order valence-electron chi connectivity index (χ3n) is 12.0. The summed E-state index contributed by atoms with van der Waals surface area (Å²) >= 11 is 3.42. The van der Waals surface area contributed by atoms with Crippen LogP contribution in [-0.4, -0.2) is 33.6 Å². The third-order valence-corrected chi connectivity index (χ3v) is 19.6. The van der Waals surface area contributed by atoms with E-state index in [-0.39, 0.29) is 17.0 Å². The van der Waals surface area contributed by atoms with Crippen LogP contribution in [0.1, 0.15) is 128 Å². The van der Waals surface area contributed by atoms with Crippen molar-refractivity contribution >= 4 is 74.9 Å². The molecule has 0 radical (unpaired) electrons. The number of alkyl halides is 1. The van der Waals surface area contributed by atoms with Crippen LogP contribution in [0, 0.1) is 0 Å². The fourth-order valence-corrected chi connectivity index (χ4v) is 15.6. The summed E-state index contributed by atoms with van der Waals surface area (Å²) < 4.78 is 0. The summed E-state index contributed by atoms with van der Waals surface area (Å²) in [6.07, 6.45) is 23.5. The van der Waals surface area contributed by atoms with Gasteiger partial charge in [0.25, 0.3) is 0 Å². The van der Waals surface area contributed by atoms with Crippen molar-refractivity contribution in [1.82, 2.24) is 0 Å². The number of benzene rings is 6. The van der Waals surface area contributed by atoms with E-state index in [9.17, 15) is 9.59 Å². The highest BCUT2D eigenvalue weighted by Gasteiger charge is 2.44. The van der Waals surface area contributed by atoms with Crippen molar-refractivity contribution in [3.8, 4) is 0 Å². The lowest BCUT2D eigenvalue weighted by atomic mass is 10.1. The maximum atomic E-state index is 10.6. The molecule has 0 aliphatic rings. The van der Waals surface area contributed by atoms with E-state index in [1.807, 2.05) is 0 Å². The van der Waals surface area contributed by atoms with Gasteiger partial charge in [0.2, 0.25) is 0 Å². The minimum atomic E-state index is -1.68. The van der Waals surface area contributed by atoms with Crippen LogP contribution in [0.5, 0.6) is 0 Å². The molecule has 0 aromatic heterocycles. The average molecular weight is 1080 g/mol. The lowest BCUT2D eigenvalue weighted by Crippen LogP contribution is -3.00. The van der Waals surface area contributed by atoms with Gasteiger partial charge in [-0.05, 0) is 92.3 Å². The molecule has 8 heteroatoms. The van der Waals surface area contributed by atoms with Gasteiger partial charge in [-0.1, -0.05) is 245 Å². The van der Waals surface area contributed by atoms with E-state index in [1.165, 1.54) is 121 Å². The fourth-order valence-electron chi connectivity index (χ4n) is 8.53. The highest BCUT2D eigenvalue weighted by Crippen LogP contribution is 2.56. The van der Waals surface area contributed by atoms with Gasteiger partial charge < -0.3 is 27.2 Å². The number of hydrogen-bond acceptors (Lipinski definition) is 2. The molecule has 0 atom stereocenters. The van der Waals surface area contributed by atoms with Crippen LogP contribution in [0.4, 0.5) is 0 Å². The first kappa shape index (κ1) is 58.4. The largest absolute Gasteiger partial charge is 1.00 e. The molecule has 0 unspecified atom stereocenters. The van der Waals surface area contributed by atoms with Gasteiger partial charge in [-0.2, -0.15) is 0 Å². The zero-order valence-corrected chi connectivity index (χ0v) is 45.2. The molecule has 0 amide bonds. The number of hydrogen-bond donors (Lipinski definition) is 2. The van der Waals surface area contributed by atoms with Crippen LogP contribution in [-0.2, 0) is 9.59 Å². The maximum Gasteiger partial charge on any atom is 0.303 e. The summed E-state index contributed by atoms with van der Waals surface area (Å²) in [4.78, 5) is 20.8. The van der Waals surface area contributed by atoms with Crippen LogP contribution in [0.25, 0.3) is 0 Å². The fraction of sp³-hybridized carbons (Fsp3) is 0.367. The Labute approximate surface area is 430 Å². The predicted octanol–water partition coefficient (Wildman–Crippen LogP) is 11.8. The summed E-state index contributed by atoms with van der Waals surface area (Å²) in [5, 5.41) is 26.9. The van der Waals surface area contributed by atoms with E-state index >= 15 is 0 Å². The highest BCUT2D eigenvalue weighted by atomic mass is 79.9. The average Bonchev–Trinajstić information content (AvgIpc) is 3.37. The summed E-state index contributed by atoms with van der Waals surface area (Å²) in [6, 6.07) is 65.8. The molecule has 6 aromatic rings. The third kappa shape index (κ3) is 22.7. The Balaban J connectivity index is 0.000000296. The van der Waals surface area contributed by atoms with Crippen LogP contribution in [0.2, 0.25) is 0 Å². The van der Waals surface area contributed by atoms with Crippen molar-refractivity contribution < 1.29 is 36.8 Å². The van der Waals surface area contributed by atoms with E-state index < -0.39 is 27.1 Å². The molecule has 6 aromatic carbocycles. The Hall–Kier alpha value is -3.92. The minimum Gasteiger partial charge on any atom is -1.00 e. The molecule has 6 rings (SSSR count). The van der Waals surface area contributed by atoms with Crippen LogP contribution >= 0.6 is 31.1 Å². The number of halogens is 2. The Kier molecular flexibility index (Phi) is 31.8. The Morgan fingerprint density at radius 3 is 0.853 bits per heavy atom. The lowest BCUT2D eigenvalue weighted by Gasteiger charge is -2.27. The van der Waals surface area contributed by atoms with Crippen molar-refractivity contribution in [1.29, 1.82) is 0 Å². The maximum absolute atomic E-state index is 10.6. The number of rotatable bonds is 29. The quantitative estimate of drug-likeness (QED) is 0.0279. The van der Waals surface area contributed by atoms with Gasteiger partial charge >= 0.3 is 11.9 Å². The summed E-state index contributed by atoms with van der Waals surface area (Å²) in [5.74, 6) is -1.33. The number of aliphatic carboxylic acids is 2. The molecule has 2 N–H and O–H groups in total. The molecule has 0 bridgehead atoms. The molecule has 0 saturated heterocycles. The summed E-state index contributed by atoms with van der Waals surface area (Å²) in [7, 11) is -2.13. The van der Waals surface area contributed by atoms with E-state index in [0.29, 0.717) is 12.8 Å². The van der Waals surface area contributed by atoms with Gasteiger partial charge in [-0.3, -0.25) is 9.59 Å². The molecule has 68 heavy (non-hydrogen) atoms. The zero-order valence-electron chi connectivity index (χ0n) is 40.2.